The lowest BCUT2D eigenvalue weighted by Gasteiger charge is -2.25. The number of nitrogens with zero attached hydrogens (tertiary/aromatic N) is 3. The highest BCUT2D eigenvalue weighted by Crippen LogP contribution is 2.25. The fraction of sp³-hybridized carbons (Fsp3) is 0.667. The standard InChI is InChI=1S/C12H20N4/c1-16(10-4-2-3-5-10)12-7-9-14-11(15-12)6-8-13/h7,9-10H,2-6,8,13H2,1H3. The molecule has 0 aromatic carbocycles. The molecule has 0 radical (unpaired) electrons. The fourth-order valence-electron chi connectivity index (χ4n) is 2.31. The molecule has 1 aliphatic rings. The van der Waals surface area contributed by atoms with Gasteiger partial charge in [-0.3, -0.25) is 0 Å². The van der Waals surface area contributed by atoms with E-state index < -0.39 is 0 Å². The molecule has 0 saturated heterocycles. The van der Waals surface area contributed by atoms with Gasteiger partial charge in [0.25, 0.3) is 0 Å². The average molecular weight is 220 g/mol. The van der Waals surface area contributed by atoms with Crippen LogP contribution in [0.5, 0.6) is 0 Å². The highest BCUT2D eigenvalue weighted by atomic mass is 15.2. The first-order chi connectivity index (χ1) is 7.81. The summed E-state index contributed by atoms with van der Waals surface area (Å²) >= 11 is 0. The maximum atomic E-state index is 5.52. The lowest BCUT2D eigenvalue weighted by Crippen LogP contribution is -2.29. The molecule has 1 aliphatic carbocycles. The molecule has 1 fully saturated rings. The zero-order valence-electron chi connectivity index (χ0n) is 9.89. The third-order valence-corrected chi connectivity index (χ3v) is 3.29. The molecule has 1 aromatic heterocycles. The van der Waals surface area contributed by atoms with Crippen molar-refractivity contribution in [3.63, 3.8) is 0 Å². The Bertz CT molecular complexity index is 334. The summed E-state index contributed by atoms with van der Waals surface area (Å²) in [6, 6.07) is 2.64. The first-order valence-corrected chi connectivity index (χ1v) is 6.06. The van der Waals surface area contributed by atoms with E-state index in [1.807, 2.05) is 12.3 Å². The van der Waals surface area contributed by atoms with Gasteiger partial charge in [0.15, 0.2) is 0 Å². The van der Waals surface area contributed by atoms with Gasteiger partial charge in [-0.05, 0) is 25.5 Å². The Morgan fingerprint density at radius 1 is 1.44 bits per heavy atom. The summed E-state index contributed by atoms with van der Waals surface area (Å²) in [4.78, 5) is 11.0. The van der Waals surface area contributed by atoms with E-state index in [4.69, 9.17) is 5.73 Å². The largest absolute Gasteiger partial charge is 0.357 e. The van der Waals surface area contributed by atoms with Crippen LogP contribution in [-0.2, 0) is 6.42 Å². The van der Waals surface area contributed by atoms with Gasteiger partial charge in [0.05, 0.1) is 0 Å². The minimum Gasteiger partial charge on any atom is -0.357 e. The van der Waals surface area contributed by atoms with Gasteiger partial charge in [-0.1, -0.05) is 12.8 Å². The summed E-state index contributed by atoms with van der Waals surface area (Å²) in [7, 11) is 2.13. The van der Waals surface area contributed by atoms with Crippen LogP contribution >= 0.6 is 0 Å². The van der Waals surface area contributed by atoms with Gasteiger partial charge in [0.2, 0.25) is 0 Å². The maximum absolute atomic E-state index is 5.52. The van der Waals surface area contributed by atoms with E-state index in [1.165, 1.54) is 25.7 Å². The molecular formula is C12H20N4. The molecule has 0 aliphatic heterocycles. The summed E-state index contributed by atoms with van der Waals surface area (Å²) in [6.45, 7) is 0.608. The molecule has 16 heavy (non-hydrogen) atoms. The number of anilines is 1. The van der Waals surface area contributed by atoms with Crippen LogP contribution in [0.15, 0.2) is 12.3 Å². The molecule has 2 N–H and O–H groups in total. The van der Waals surface area contributed by atoms with Gasteiger partial charge in [-0.25, -0.2) is 9.97 Å². The number of rotatable bonds is 4. The Morgan fingerprint density at radius 2 is 2.19 bits per heavy atom. The van der Waals surface area contributed by atoms with Crippen LogP contribution < -0.4 is 10.6 Å². The van der Waals surface area contributed by atoms with E-state index in [2.05, 4.69) is 21.9 Å². The highest BCUT2D eigenvalue weighted by molar-refractivity contribution is 5.38. The molecule has 1 saturated carbocycles. The summed E-state index contributed by atoms with van der Waals surface area (Å²) < 4.78 is 0. The van der Waals surface area contributed by atoms with Gasteiger partial charge < -0.3 is 10.6 Å². The van der Waals surface area contributed by atoms with Gasteiger partial charge in [-0.15, -0.1) is 0 Å². The molecule has 2 rings (SSSR count). The van der Waals surface area contributed by atoms with Crippen LogP contribution in [0.2, 0.25) is 0 Å². The highest BCUT2D eigenvalue weighted by Gasteiger charge is 2.20. The zero-order valence-corrected chi connectivity index (χ0v) is 9.89. The molecule has 4 nitrogen and oxygen atoms in total. The van der Waals surface area contributed by atoms with Gasteiger partial charge in [0, 0.05) is 25.7 Å². The van der Waals surface area contributed by atoms with Crippen molar-refractivity contribution in [3.8, 4) is 0 Å². The predicted octanol–water partition coefficient (Wildman–Crippen LogP) is 1.36. The number of aromatic nitrogens is 2. The molecule has 0 unspecified atom stereocenters. The van der Waals surface area contributed by atoms with Gasteiger partial charge in [-0.2, -0.15) is 0 Å². The molecule has 0 spiro atoms. The molecule has 0 bridgehead atoms. The second kappa shape index (κ2) is 5.25. The molecule has 1 aromatic rings. The molecule has 88 valence electrons. The Morgan fingerprint density at radius 3 is 2.88 bits per heavy atom. The van der Waals surface area contributed by atoms with Crippen LogP contribution in [-0.4, -0.2) is 29.6 Å². The molecule has 1 heterocycles. The Kier molecular flexibility index (Phi) is 3.72. The normalized spacial score (nSPS) is 16.6. The summed E-state index contributed by atoms with van der Waals surface area (Å²) in [6.07, 6.45) is 7.84. The van der Waals surface area contributed by atoms with Crippen molar-refractivity contribution in [3.05, 3.63) is 18.1 Å². The lowest BCUT2D eigenvalue weighted by molar-refractivity contribution is 0.643. The summed E-state index contributed by atoms with van der Waals surface area (Å²) in [5.74, 6) is 1.88. The van der Waals surface area contributed by atoms with Crippen molar-refractivity contribution in [2.45, 2.75) is 38.1 Å². The Hall–Kier alpha value is -1.16. The first-order valence-electron chi connectivity index (χ1n) is 6.06. The summed E-state index contributed by atoms with van der Waals surface area (Å²) in [5.41, 5.74) is 5.52. The van der Waals surface area contributed by atoms with Gasteiger partial charge >= 0.3 is 0 Å². The predicted molar refractivity (Wildman–Crippen MR) is 65.4 cm³/mol. The van der Waals surface area contributed by atoms with Crippen LogP contribution in [0.4, 0.5) is 5.82 Å². The van der Waals surface area contributed by atoms with E-state index in [9.17, 15) is 0 Å². The van der Waals surface area contributed by atoms with Crippen molar-refractivity contribution >= 4 is 5.82 Å². The molecular weight excluding hydrogens is 200 g/mol. The number of nitrogens with two attached hydrogens (primary N) is 1. The summed E-state index contributed by atoms with van der Waals surface area (Å²) in [5, 5.41) is 0. The van der Waals surface area contributed by atoms with Gasteiger partial charge in [0.1, 0.15) is 11.6 Å². The second-order valence-electron chi connectivity index (χ2n) is 4.42. The average Bonchev–Trinajstić information content (AvgIpc) is 2.82. The zero-order chi connectivity index (χ0) is 11.4. The maximum Gasteiger partial charge on any atom is 0.132 e. The number of hydrogen-bond donors (Lipinski definition) is 1. The topological polar surface area (TPSA) is 55.0 Å². The quantitative estimate of drug-likeness (QED) is 0.832. The van der Waals surface area contributed by atoms with Crippen LogP contribution in [0.3, 0.4) is 0 Å². The molecule has 0 amide bonds. The van der Waals surface area contributed by atoms with E-state index in [-0.39, 0.29) is 0 Å². The SMILES string of the molecule is CN(c1ccnc(CCN)n1)C1CCCC1. The number of hydrogen-bond acceptors (Lipinski definition) is 4. The van der Waals surface area contributed by atoms with Crippen molar-refractivity contribution in [2.24, 2.45) is 5.73 Å². The van der Waals surface area contributed by atoms with Crippen molar-refractivity contribution in [1.82, 2.24) is 9.97 Å². The van der Waals surface area contributed by atoms with E-state index in [1.54, 1.807) is 0 Å². The Labute approximate surface area is 96.9 Å². The third kappa shape index (κ3) is 2.50. The fourth-order valence-corrected chi connectivity index (χ4v) is 2.31. The molecule has 0 atom stereocenters. The molecule has 4 heteroatoms. The van der Waals surface area contributed by atoms with E-state index in [0.717, 1.165) is 18.1 Å². The van der Waals surface area contributed by atoms with Crippen molar-refractivity contribution in [2.75, 3.05) is 18.5 Å². The van der Waals surface area contributed by atoms with E-state index >= 15 is 0 Å². The lowest BCUT2D eigenvalue weighted by atomic mass is 10.2. The minimum atomic E-state index is 0.608. The van der Waals surface area contributed by atoms with Crippen molar-refractivity contribution in [1.29, 1.82) is 0 Å². The first kappa shape index (κ1) is 11.3. The van der Waals surface area contributed by atoms with Crippen molar-refractivity contribution < 1.29 is 0 Å². The van der Waals surface area contributed by atoms with Crippen LogP contribution in [0, 0.1) is 0 Å². The smallest absolute Gasteiger partial charge is 0.132 e. The van der Waals surface area contributed by atoms with E-state index in [0.29, 0.717) is 12.6 Å². The minimum absolute atomic E-state index is 0.608. The van der Waals surface area contributed by atoms with Crippen LogP contribution in [0.25, 0.3) is 0 Å². The van der Waals surface area contributed by atoms with Crippen LogP contribution in [0.1, 0.15) is 31.5 Å². The Balaban J connectivity index is 2.09. The third-order valence-electron chi connectivity index (χ3n) is 3.29. The second-order valence-corrected chi connectivity index (χ2v) is 4.42. The monoisotopic (exact) mass is 220 g/mol.